The number of cyclic esters (lactones) is 1. The summed E-state index contributed by atoms with van der Waals surface area (Å²) >= 11 is 1.58. The molecule has 5 aromatic rings. The molecule has 4 atom stereocenters. The van der Waals surface area contributed by atoms with Gasteiger partial charge in [-0.2, -0.15) is 11.8 Å². The van der Waals surface area contributed by atoms with E-state index in [4.69, 9.17) is 14.2 Å². The molecule has 3 amide bonds. The van der Waals surface area contributed by atoms with Crippen LogP contribution in [0.4, 0.5) is 4.79 Å². The number of ether oxygens (including phenoxy) is 3. The lowest BCUT2D eigenvalue weighted by Crippen LogP contribution is -2.47. The molecular weight excluding hydrogens is 827 g/mol. The Bertz CT molecular complexity index is 2300. The standard InChI is InChI=1S/C52H55N3O8S/c56-30-40(28-36-24-26-42(27-25-36)61-31-37-14-4-1-5-15-37)53-49(57)29-39-18-8-3-9-23-48(51(59)62-32-41(54-50(39)58)35-64-34-38-16-6-2-7-17-38)55-52(60)63-33-47-45-21-12-10-19-43(45)44-20-11-13-22-46(44)47/h1-8,10-17,19-22,24-27,39-41,47-48,56H,9,18,23,28-35H2,(H,53,57)(H,54,58)(H,55,60). The fourth-order valence-corrected chi connectivity index (χ4v) is 9.01. The van der Waals surface area contributed by atoms with Crippen LogP contribution in [0.2, 0.25) is 0 Å². The van der Waals surface area contributed by atoms with Gasteiger partial charge in [0, 0.05) is 23.8 Å². The fraction of sp³-hybridized carbons (Fsp3) is 0.308. The first-order valence-corrected chi connectivity index (χ1v) is 23.0. The molecule has 1 heterocycles. The van der Waals surface area contributed by atoms with Gasteiger partial charge in [-0.05, 0) is 76.8 Å². The first-order chi connectivity index (χ1) is 31.3. The average Bonchev–Trinajstić information content (AvgIpc) is 3.65. The lowest BCUT2D eigenvalue weighted by molar-refractivity contribution is -0.147. The second kappa shape index (κ2) is 23.4. The zero-order chi connectivity index (χ0) is 44.5. The normalized spacial score (nSPS) is 18.1. The SMILES string of the molecule is O=C(CC1CC=CCCC(NC(=O)OCC2c3ccccc3-c3ccccc32)C(=O)OCC(CSCc2ccccc2)NC1=O)NC(CO)Cc1ccc(OCc2ccccc2)cc1. The van der Waals surface area contributed by atoms with Gasteiger partial charge in [-0.15, -0.1) is 0 Å². The number of rotatable bonds is 16. The summed E-state index contributed by atoms with van der Waals surface area (Å²) in [4.78, 5) is 54.4. The highest BCUT2D eigenvalue weighted by Crippen LogP contribution is 2.44. The summed E-state index contributed by atoms with van der Waals surface area (Å²) in [6.45, 7) is 0.121. The zero-order valence-electron chi connectivity index (χ0n) is 35.7. The molecule has 4 N–H and O–H groups in total. The molecule has 1 aliphatic carbocycles. The number of hydrogen-bond acceptors (Lipinski definition) is 9. The molecule has 0 aromatic heterocycles. The first-order valence-electron chi connectivity index (χ1n) is 21.8. The summed E-state index contributed by atoms with van der Waals surface area (Å²) in [6, 6.07) is 41.3. The molecular formula is C52H55N3O8S. The van der Waals surface area contributed by atoms with Crippen LogP contribution in [0.25, 0.3) is 11.1 Å². The van der Waals surface area contributed by atoms with Gasteiger partial charge in [0.1, 0.15) is 31.6 Å². The Morgan fingerprint density at radius 3 is 2.14 bits per heavy atom. The van der Waals surface area contributed by atoms with Crippen LogP contribution in [0, 0.1) is 5.92 Å². The number of aliphatic hydroxyl groups is 1. The molecule has 0 saturated carbocycles. The Balaban J connectivity index is 0.965. The van der Waals surface area contributed by atoms with Gasteiger partial charge in [-0.25, -0.2) is 9.59 Å². The lowest BCUT2D eigenvalue weighted by atomic mass is 9.98. The summed E-state index contributed by atoms with van der Waals surface area (Å²) in [5.74, 6) is -0.405. The predicted molar refractivity (Wildman–Crippen MR) is 249 cm³/mol. The molecule has 5 aromatic carbocycles. The summed E-state index contributed by atoms with van der Waals surface area (Å²) in [5.41, 5.74) is 7.47. The quantitative estimate of drug-likeness (QED) is 0.0573. The average molecular weight is 882 g/mol. The molecule has 0 saturated heterocycles. The van der Waals surface area contributed by atoms with Gasteiger partial charge in [0.05, 0.1) is 24.6 Å². The molecule has 332 valence electrons. The number of alkyl carbamates (subject to hydrolysis) is 1. The molecule has 0 fully saturated rings. The van der Waals surface area contributed by atoms with Crippen LogP contribution in [0.1, 0.15) is 59.4 Å². The van der Waals surface area contributed by atoms with Crippen molar-refractivity contribution in [2.45, 2.75) is 68.5 Å². The van der Waals surface area contributed by atoms with E-state index in [1.807, 2.05) is 133 Å². The van der Waals surface area contributed by atoms with Gasteiger partial charge >= 0.3 is 12.1 Å². The number of fused-ring (bicyclic) bond motifs is 3. The molecule has 11 nitrogen and oxygen atoms in total. The largest absolute Gasteiger partial charge is 0.489 e. The van der Waals surface area contributed by atoms with Crippen molar-refractivity contribution in [3.05, 3.63) is 173 Å². The van der Waals surface area contributed by atoms with E-state index in [-0.39, 0.29) is 56.8 Å². The van der Waals surface area contributed by atoms with Gasteiger partial charge in [-0.3, -0.25) is 9.59 Å². The van der Waals surface area contributed by atoms with Crippen molar-refractivity contribution >= 4 is 35.6 Å². The van der Waals surface area contributed by atoms with Gasteiger partial charge in [0.25, 0.3) is 0 Å². The second-order valence-corrected chi connectivity index (χ2v) is 17.1. The van der Waals surface area contributed by atoms with Gasteiger partial charge in [0.2, 0.25) is 11.8 Å². The van der Waals surface area contributed by atoms with E-state index in [1.54, 1.807) is 11.8 Å². The number of esters is 1. The molecule has 0 radical (unpaired) electrons. The minimum absolute atomic E-state index is 0.0976. The topological polar surface area (TPSA) is 152 Å². The Morgan fingerprint density at radius 2 is 1.45 bits per heavy atom. The maximum absolute atomic E-state index is 13.9. The molecule has 1 aliphatic heterocycles. The monoisotopic (exact) mass is 881 g/mol. The first kappa shape index (κ1) is 45.6. The van der Waals surface area contributed by atoms with Crippen LogP contribution in [0.15, 0.2) is 146 Å². The zero-order valence-corrected chi connectivity index (χ0v) is 36.6. The minimum atomic E-state index is -0.996. The van der Waals surface area contributed by atoms with Gasteiger partial charge in [0.15, 0.2) is 0 Å². The summed E-state index contributed by atoms with van der Waals surface area (Å²) in [7, 11) is 0. The number of thioether (sulfide) groups is 1. The number of hydrogen-bond donors (Lipinski definition) is 4. The number of carbonyl (C=O) groups excluding carboxylic acids is 4. The molecule has 0 spiro atoms. The summed E-state index contributed by atoms with van der Waals surface area (Å²) in [6.07, 6.45) is 4.10. The molecule has 7 rings (SSSR count). The summed E-state index contributed by atoms with van der Waals surface area (Å²) in [5, 5.41) is 19.0. The van der Waals surface area contributed by atoms with Crippen LogP contribution in [0.3, 0.4) is 0 Å². The minimum Gasteiger partial charge on any atom is -0.489 e. The Kier molecular flexibility index (Phi) is 16.7. The number of aliphatic hydroxyl groups excluding tert-OH is 1. The van der Waals surface area contributed by atoms with Crippen molar-refractivity contribution in [3.8, 4) is 16.9 Å². The van der Waals surface area contributed by atoms with Crippen LogP contribution in [-0.4, -0.2) is 72.7 Å². The van der Waals surface area contributed by atoms with E-state index >= 15 is 0 Å². The van der Waals surface area contributed by atoms with E-state index in [0.717, 1.165) is 38.9 Å². The highest BCUT2D eigenvalue weighted by atomic mass is 32.2. The number of amides is 3. The number of nitrogens with one attached hydrogen (secondary N) is 3. The van der Waals surface area contributed by atoms with Crippen molar-refractivity contribution in [1.82, 2.24) is 16.0 Å². The van der Waals surface area contributed by atoms with E-state index in [0.29, 0.717) is 36.7 Å². The third kappa shape index (κ3) is 13.1. The summed E-state index contributed by atoms with van der Waals surface area (Å²) < 4.78 is 17.5. The van der Waals surface area contributed by atoms with Crippen molar-refractivity contribution in [2.24, 2.45) is 5.92 Å². The molecule has 64 heavy (non-hydrogen) atoms. The van der Waals surface area contributed by atoms with Gasteiger partial charge in [-0.1, -0.05) is 133 Å². The third-order valence-electron chi connectivity index (χ3n) is 11.4. The molecule has 2 aliphatic rings. The van der Waals surface area contributed by atoms with Crippen LogP contribution < -0.4 is 20.7 Å². The smallest absolute Gasteiger partial charge is 0.407 e. The highest BCUT2D eigenvalue weighted by Gasteiger charge is 2.31. The lowest BCUT2D eigenvalue weighted by Gasteiger charge is -2.24. The van der Waals surface area contributed by atoms with E-state index in [2.05, 4.69) is 28.1 Å². The number of benzene rings is 5. The van der Waals surface area contributed by atoms with Crippen molar-refractivity contribution in [2.75, 3.05) is 25.6 Å². The Labute approximate surface area is 379 Å². The highest BCUT2D eigenvalue weighted by molar-refractivity contribution is 7.98. The van der Waals surface area contributed by atoms with Crippen LogP contribution in [-0.2, 0) is 42.6 Å². The maximum Gasteiger partial charge on any atom is 0.407 e. The molecule has 4 unspecified atom stereocenters. The predicted octanol–water partition coefficient (Wildman–Crippen LogP) is 7.90. The third-order valence-corrected chi connectivity index (χ3v) is 12.6. The van der Waals surface area contributed by atoms with Crippen LogP contribution >= 0.6 is 11.8 Å². The fourth-order valence-electron chi connectivity index (χ4n) is 8.00. The molecule has 0 bridgehead atoms. The number of allylic oxidation sites excluding steroid dienone is 2. The van der Waals surface area contributed by atoms with E-state index in [1.165, 1.54) is 0 Å². The van der Waals surface area contributed by atoms with Crippen molar-refractivity contribution < 1.29 is 38.5 Å². The van der Waals surface area contributed by atoms with Crippen LogP contribution in [0.5, 0.6) is 5.75 Å². The molecule has 12 heteroatoms. The number of carbonyl (C=O) groups is 4. The van der Waals surface area contributed by atoms with E-state index in [9.17, 15) is 24.3 Å². The van der Waals surface area contributed by atoms with Crippen molar-refractivity contribution in [3.63, 3.8) is 0 Å². The Morgan fingerprint density at radius 1 is 0.797 bits per heavy atom. The maximum atomic E-state index is 13.9. The second-order valence-electron chi connectivity index (χ2n) is 16.1. The Hall–Kier alpha value is -6.37. The van der Waals surface area contributed by atoms with E-state index < -0.39 is 36.1 Å². The van der Waals surface area contributed by atoms with Crippen molar-refractivity contribution in [1.29, 1.82) is 0 Å². The van der Waals surface area contributed by atoms with Gasteiger partial charge < -0.3 is 35.3 Å².